The summed E-state index contributed by atoms with van der Waals surface area (Å²) >= 11 is 5.89. The van der Waals surface area contributed by atoms with Crippen molar-refractivity contribution in [2.75, 3.05) is 0 Å². The number of aromatic carboxylic acids is 1. The molecular formula is C14H9ClF2O2. The van der Waals surface area contributed by atoms with E-state index in [9.17, 15) is 13.6 Å². The summed E-state index contributed by atoms with van der Waals surface area (Å²) in [6.07, 6.45) is 0. The van der Waals surface area contributed by atoms with Crippen molar-refractivity contribution in [1.82, 2.24) is 0 Å². The first-order chi connectivity index (χ1) is 8.90. The number of carboxylic acids is 1. The van der Waals surface area contributed by atoms with Gasteiger partial charge in [0.15, 0.2) is 11.6 Å². The lowest BCUT2D eigenvalue weighted by molar-refractivity contribution is 0.0697. The van der Waals surface area contributed by atoms with E-state index in [1.165, 1.54) is 18.2 Å². The minimum absolute atomic E-state index is 0.0741. The van der Waals surface area contributed by atoms with Crippen LogP contribution in [0.2, 0.25) is 5.02 Å². The quantitative estimate of drug-likeness (QED) is 0.834. The molecule has 0 fully saturated rings. The number of halogens is 3. The second-order valence-electron chi connectivity index (χ2n) is 4.08. The molecule has 0 aliphatic rings. The first-order valence-electron chi connectivity index (χ1n) is 5.39. The lowest BCUT2D eigenvalue weighted by Crippen LogP contribution is -1.97. The second-order valence-corrected chi connectivity index (χ2v) is 4.49. The summed E-state index contributed by atoms with van der Waals surface area (Å²) in [6.45, 7) is 1.68. The molecule has 0 radical (unpaired) electrons. The number of hydrogen-bond acceptors (Lipinski definition) is 1. The van der Waals surface area contributed by atoms with Crippen molar-refractivity contribution in [2.24, 2.45) is 0 Å². The third-order valence-electron chi connectivity index (χ3n) is 2.77. The number of hydrogen-bond donors (Lipinski definition) is 1. The van der Waals surface area contributed by atoms with Gasteiger partial charge in [0.1, 0.15) is 0 Å². The van der Waals surface area contributed by atoms with Crippen LogP contribution in [0.5, 0.6) is 0 Å². The predicted molar refractivity (Wildman–Crippen MR) is 68.5 cm³/mol. The highest BCUT2D eigenvalue weighted by atomic mass is 35.5. The molecule has 0 aliphatic heterocycles. The summed E-state index contributed by atoms with van der Waals surface area (Å²) in [5.74, 6) is -3.07. The summed E-state index contributed by atoms with van der Waals surface area (Å²) < 4.78 is 26.3. The van der Waals surface area contributed by atoms with Crippen LogP contribution in [-0.4, -0.2) is 11.1 Å². The van der Waals surface area contributed by atoms with Crippen molar-refractivity contribution in [1.29, 1.82) is 0 Å². The molecule has 0 unspecified atom stereocenters. The predicted octanol–water partition coefficient (Wildman–Crippen LogP) is 4.29. The van der Waals surface area contributed by atoms with Crippen molar-refractivity contribution in [2.45, 2.75) is 6.92 Å². The van der Waals surface area contributed by atoms with Gasteiger partial charge in [0.25, 0.3) is 0 Å². The molecule has 0 bridgehead atoms. The highest BCUT2D eigenvalue weighted by Gasteiger charge is 2.13. The lowest BCUT2D eigenvalue weighted by Gasteiger charge is -2.09. The van der Waals surface area contributed by atoms with E-state index < -0.39 is 17.6 Å². The van der Waals surface area contributed by atoms with Gasteiger partial charge >= 0.3 is 5.97 Å². The van der Waals surface area contributed by atoms with E-state index in [-0.39, 0.29) is 10.6 Å². The van der Waals surface area contributed by atoms with Crippen LogP contribution in [0.15, 0.2) is 30.3 Å². The van der Waals surface area contributed by atoms with Crippen LogP contribution in [0.3, 0.4) is 0 Å². The summed E-state index contributed by atoms with van der Waals surface area (Å²) in [6, 6.07) is 6.27. The van der Waals surface area contributed by atoms with Crippen LogP contribution < -0.4 is 0 Å². The molecule has 0 amide bonds. The summed E-state index contributed by atoms with van der Waals surface area (Å²) in [4.78, 5) is 10.8. The third-order valence-corrected chi connectivity index (χ3v) is 3.09. The van der Waals surface area contributed by atoms with Gasteiger partial charge in [-0.2, -0.15) is 0 Å². The molecule has 2 nitrogen and oxygen atoms in total. The maximum absolute atomic E-state index is 13.3. The minimum atomic E-state index is -1.05. The Hall–Kier alpha value is -1.94. The average Bonchev–Trinajstić information content (AvgIpc) is 2.34. The highest BCUT2D eigenvalue weighted by Crippen LogP contribution is 2.32. The molecule has 0 saturated carbocycles. The number of carboxylic acid groups (broad SMARTS) is 1. The van der Waals surface area contributed by atoms with Crippen LogP contribution in [0.25, 0.3) is 11.1 Å². The molecule has 2 aromatic rings. The summed E-state index contributed by atoms with van der Waals surface area (Å²) in [5.41, 5.74) is 1.64. The Balaban J connectivity index is 2.59. The van der Waals surface area contributed by atoms with Crippen LogP contribution in [-0.2, 0) is 0 Å². The zero-order valence-corrected chi connectivity index (χ0v) is 10.6. The monoisotopic (exact) mass is 282 g/mol. The molecule has 1 N–H and O–H groups in total. The number of rotatable bonds is 2. The fraction of sp³-hybridized carbons (Fsp3) is 0.0714. The highest BCUT2D eigenvalue weighted by molar-refractivity contribution is 6.33. The molecule has 0 spiro atoms. The first kappa shape index (κ1) is 13.5. The van der Waals surface area contributed by atoms with Gasteiger partial charge in [-0.3, -0.25) is 0 Å². The minimum Gasteiger partial charge on any atom is -0.478 e. The Labute approximate surface area is 113 Å². The molecule has 0 heterocycles. The molecule has 2 aromatic carbocycles. The number of carbonyl (C=O) groups is 1. The normalized spacial score (nSPS) is 10.5. The van der Waals surface area contributed by atoms with Gasteiger partial charge in [0.2, 0.25) is 0 Å². The van der Waals surface area contributed by atoms with E-state index in [1.54, 1.807) is 6.92 Å². The van der Waals surface area contributed by atoms with Gasteiger partial charge in [-0.15, -0.1) is 0 Å². The SMILES string of the molecule is Cc1cc(C(=O)O)ccc1-c1cc(F)c(F)cc1Cl. The van der Waals surface area contributed by atoms with Crippen molar-refractivity contribution in [3.63, 3.8) is 0 Å². The molecule has 19 heavy (non-hydrogen) atoms. The van der Waals surface area contributed by atoms with Gasteiger partial charge in [-0.05, 0) is 42.3 Å². The Bertz CT molecular complexity index is 669. The van der Waals surface area contributed by atoms with Gasteiger partial charge in [0.05, 0.1) is 10.6 Å². The van der Waals surface area contributed by atoms with E-state index in [0.717, 1.165) is 12.1 Å². The molecule has 5 heteroatoms. The van der Waals surface area contributed by atoms with Crippen LogP contribution >= 0.6 is 11.6 Å². The standard InChI is InChI=1S/C14H9ClF2O2/c1-7-4-8(14(18)19)2-3-9(7)10-5-12(16)13(17)6-11(10)15/h2-6H,1H3,(H,18,19). The van der Waals surface area contributed by atoms with Gasteiger partial charge in [-0.1, -0.05) is 17.7 Å². The van der Waals surface area contributed by atoms with Crippen molar-refractivity contribution in [3.8, 4) is 11.1 Å². The topological polar surface area (TPSA) is 37.3 Å². The van der Waals surface area contributed by atoms with E-state index in [1.807, 2.05) is 0 Å². The average molecular weight is 283 g/mol. The Morgan fingerprint density at radius 2 is 1.74 bits per heavy atom. The van der Waals surface area contributed by atoms with Crippen LogP contribution in [0.4, 0.5) is 8.78 Å². The zero-order chi connectivity index (χ0) is 14.2. The fourth-order valence-corrected chi connectivity index (χ4v) is 2.08. The summed E-state index contributed by atoms with van der Waals surface area (Å²) in [7, 11) is 0. The van der Waals surface area contributed by atoms with Gasteiger partial charge in [-0.25, -0.2) is 13.6 Å². The lowest BCUT2D eigenvalue weighted by atomic mass is 9.98. The van der Waals surface area contributed by atoms with E-state index in [0.29, 0.717) is 16.7 Å². The Kier molecular flexibility index (Phi) is 3.53. The van der Waals surface area contributed by atoms with Crippen molar-refractivity contribution >= 4 is 17.6 Å². The summed E-state index contributed by atoms with van der Waals surface area (Å²) in [5, 5.41) is 8.94. The van der Waals surface area contributed by atoms with Gasteiger partial charge < -0.3 is 5.11 Å². The maximum Gasteiger partial charge on any atom is 0.335 e. The van der Waals surface area contributed by atoms with Crippen LogP contribution in [0, 0.1) is 18.6 Å². The Morgan fingerprint density at radius 1 is 1.11 bits per heavy atom. The zero-order valence-electron chi connectivity index (χ0n) is 9.88. The number of aryl methyl sites for hydroxylation is 1. The largest absolute Gasteiger partial charge is 0.478 e. The Morgan fingerprint density at radius 3 is 2.32 bits per heavy atom. The molecule has 0 atom stereocenters. The molecule has 2 rings (SSSR count). The van der Waals surface area contributed by atoms with E-state index >= 15 is 0 Å². The molecule has 0 aliphatic carbocycles. The van der Waals surface area contributed by atoms with Crippen molar-refractivity contribution in [3.05, 3.63) is 58.1 Å². The molecule has 0 aromatic heterocycles. The molecule has 0 saturated heterocycles. The van der Waals surface area contributed by atoms with Crippen molar-refractivity contribution < 1.29 is 18.7 Å². The molecular weight excluding hydrogens is 274 g/mol. The smallest absolute Gasteiger partial charge is 0.335 e. The van der Waals surface area contributed by atoms with E-state index in [2.05, 4.69) is 0 Å². The first-order valence-corrected chi connectivity index (χ1v) is 5.77. The maximum atomic E-state index is 13.3. The van der Waals surface area contributed by atoms with Crippen LogP contribution in [0.1, 0.15) is 15.9 Å². The third kappa shape index (κ3) is 2.58. The second kappa shape index (κ2) is 4.97. The van der Waals surface area contributed by atoms with E-state index in [4.69, 9.17) is 16.7 Å². The molecule has 98 valence electrons. The fourth-order valence-electron chi connectivity index (χ4n) is 1.83. The van der Waals surface area contributed by atoms with Gasteiger partial charge in [0, 0.05) is 5.56 Å². The number of benzene rings is 2.